The van der Waals surface area contributed by atoms with E-state index in [1.165, 1.54) is 6.07 Å². The van der Waals surface area contributed by atoms with Crippen LogP contribution >= 0.6 is 11.6 Å². The predicted octanol–water partition coefficient (Wildman–Crippen LogP) is 4.05. The fraction of sp³-hybridized carbons (Fsp3) is 0.238. The summed E-state index contributed by atoms with van der Waals surface area (Å²) in [6.45, 7) is 1.01. The number of benzene rings is 1. The minimum Gasteiger partial charge on any atom is -0.366 e. The fourth-order valence-electron chi connectivity index (χ4n) is 3.47. The van der Waals surface area contributed by atoms with Gasteiger partial charge in [0.25, 0.3) is 5.91 Å². The normalized spacial score (nSPS) is 16.5. The van der Waals surface area contributed by atoms with Crippen LogP contribution < -0.4 is 5.32 Å². The third kappa shape index (κ3) is 4.35. The molecule has 6 nitrogen and oxygen atoms in total. The van der Waals surface area contributed by atoms with Gasteiger partial charge in [-0.3, -0.25) is 4.79 Å². The van der Waals surface area contributed by atoms with Gasteiger partial charge in [-0.15, -0.1) is 0 Å². The van der Waals surface area contributed by atoms with Crippen LogP contribution in [0.5, 0.6) is 0 Å². The first-order chi connectivity index (χ1) is 14.1. The van der Waals surface area contributed by atoms with Gasteiger partial charge in [-0.2, -0.15) is 0 Å². The first-order valence-corrected chi connectivity index (χ1v) is 9.73. The number of amides is 1. The van der Waals surface area contributed by atoms with Gasteiger partial charge in [0.05, 0.1) is 10.6 Å². The molecule has 1 atom stereocenters. The number of pyridine rings is 1. The molecule has 3 aromatic rings. The molecule has 0 aliphatic carbocycles. The van der Waals surface area contributed by atoms with Crippen molar-refractivity contribution in [3.63, 3.8) is 0 Å². The van der Waals surface area contributed by atoms with Crippen LogP contribution in [0.2, 0.25) is 5.02 Å². The molecule has 3 heterocycles. The van der Waals surface area contributed by atoms with Gasteiger partial charge in [-0.05, 0) is 37.1 Å². The number of nitrogens with one attached hydrogen (secondary N) is 1. The first-order valence-electron chi connectivity index (χ1n) is 9.35. The molecule has 0 spiro atoms. The number of piperidine rings is 1. The summed E-state index contributed by atoms with van der Waals surface area (Å²) in [5.41, 5.74) is 0.397. The maximum atomic E-state index is 14.7. The topological polar surface area (TPSA) is 71.0 Å². The van der Waals surface area contributed by atoms with E-state index in [-0.39, 0.29) is 17.5 Å². The molecule has 0 bridgehead atoms. The van der Waals surface area contributed by atoms with Gasteiger partial charge in [0.15, 0.2) is 5.82 Å². The molecule has 1 N–H and O–H groups in total. The smallest absolute Gasteiger partial charge is 0.257 e. The summed E-state index contributed by atoms with van der Waals surface area (Å²) < 4.78 is 14.7. The van der Waals surface area contributed by atoms with Crippen molar-refractivity contribution in [2.75, 3.05) is 18.4 Å². The van der Waals surface area contributed by atoms with E-state index in [1.807, 2.05) is 0 Å². The van der Waals surface area contributed by atoms with Gasteiger partial charge in [0.2, 0.25) is 0 Å². The number of hydrogen-bond acceptors (Lipinski definition) is 5. The Morgan fingerprint density at radius 1 is 1.14 bits per heavy atom. The van der Waals surface area contributed by atoms with Crippen molar-refractivity contribution >= 4 is 23.3 Å². The van der Waals surface area contributed by atoms with E-state index in [0.29, 0.717) is 35.3 Å². The average molecular weight is 412 g/mol. The van der Waals surface area contributed by atoms with Crippen molar-refractivity contribution in [2.24, 2.45) is 0 Å². The number of carbonyl (C=O) groups excluding carboxylic acids is 1. The molecule has 29 heavy (non-hydrogen) atoms. The quantitative estimate of drug-likeness (QED) is 0.701. The molecule has 1 fully saturated rings. The van der Waals surface area contributed by atoms with Gasteiger partial charge < -0.3 is 10.2 Å². The summed E-state index contributed by atoms with van der Waals surface area (Å²) in [7, 11) is 0. The zero-order valence-corrected chi connectivity index (χ0v) is 16.3. The average Bonchev–Trinajstić information content (AvgIpc) is 2.75. The third-order valence-electron chi connectivity index (χ3n) is 4.82. The summed E-state index contributed by atoms with van der Waals surface area (Å²) in [6, 6.07) is 9.77. The Bertz CT molecular complexity index is 1000. The molecule has 2 aromatic heterocycles. The van der Waals surface area contributed by atoms with E-state index >= 15 is 0 Å². The van der Waals surface area contributed by atoms with Crippen LogP contribution in [0.25, 0.3) is 11.4 Å². The van der Waals surface area contributed by atoms with Gasteiger partial charge in [-0.25, -0.2) is 19.3 Å². The number of carbonyl (C=O) groups is 1. The second-order valence-electron chi connectivity index (χ2n) is 6.83. The van der Waals surface area contributed by atoms with Crippen molar-refractivity contribution in [3.05, 3.63) is 71.4 Å². The Balaban J connectivity index is 1.56. The standard InChI is InChI=1S/C21H19ClFN5O/c22-14-7-8-18(26-12-14)27-15-4-2-11-28(13-15)21(29)19-16(5-1-6-17(19)23)20-24-9-3-10-25-20/h1,3,5-10,12,15H,2,4,11,13H2,(H,26,27)/t15-/m1/s1. The molecule has 0 saturated carbocycles. The molecule has 1 saturated heterocycles. The molecule has 8 heteroatoms. The Hall–Kier alpha value is -3.06. The molecule has 4 rings (SSSR count). The lowest BCUT2D eigenvalue weighted by Gasteiger charge is -2.34. The van der Waals surface area contributed by atoms with Crippen molar-refractivity contribution < 1.29 is 9.18 Å². The van der Waals surface area contributed by atoms with E-state index in [1.54, 1.807) is 53.8 Å². The third-order valence-corrected chi connectivity index (χ3v) is 5.05. The number of hydrogen-bond donors (Lipinski definition) is 1. The fourth-order valence-corrected chi connectivity index (χ4v) is 3.59. The minimum atomic E-state index is -0.575. The highest BCUT2D eigenvalue weighted by Gasteiger charge is 2.28. The van der Waals surface area contributed by atoms with Crippen molar-refractivity contribution in [1.82, 2.24) is 19.9 Å². The van der Waals surface area contributed by atoms with Crippen LogP contribution in [-0.2, 0) is 0 Å². The second kappa shape index (κ2) is 8.53. The summed E-state index contributed by atoms with van der Waals surface area (Å²) in [6.07, 6.45) is 6.41. The van der Waals surface area contributed by atoms with Crippen LogP contribution in [0.1, 0.15) is 23.2 Å². The van der Waals surface area contributed by atoms with Gasteiger partial charge in [0.1, 0.15) is 11.6 Å². The molecule has 1 amide bonds. The SMILES string of the molecule is O=C(c1c(F)cccc1-c1ncccn1)N1CCC[C@@H](Nc2ccc(Cl)cn2)C1. The number of halogens is 2. The second-order valence-corrected chi connectivity index (χ2v) is 7.27. The maximum absolute atomic E-state index is 14.7. The lowest BCUT2D eigenvalue weighted by atomic mass is 10.0. The Morgan fingerprint density at radius 2 is 1.97 bits per heavy atom. The summed E-state index contributed by atoms with van der Waals surface area (Å²) in [4.78, 5) is 27.5. The van der Waals surface area contributed by atoms with Crippen LogP contribution in [0.15, 0.2) is 55.0 Å². The summed E-state index contributed by atoms with van der Waals surface area (Å²) in [5.74, 6) is 0.0842. The summed E-state index contributed by atoms with van der Waals surface area (Å²) >= 11 is 5.88. The molecule has 148 valence electrons. The zero-order chi connectivity index (χ0) is 20.2. The number of likely N-dealkylation sites (tertiary alicyclic amines) is 1. The van der Waals surface area contributed by atoms with E-state index < -0.39 is 5.82 Å². The van der Waals surface area contributed by atoms with Crippen LogP contribution in [0.4, 0.5) is 10.2 Å². The van der Waals surface area contributed by atoms with E-state index in [2.05, 4.69) is 20.3 Å². The molecule has 1 aliphatic rings. The minimum absolute atomic E-state index is 0.00367. The molecular weight excluding hydrogens is 393 g/mol. The van der Waals surface area contributed by atoms with Crippen molar-refractivity contribution in [1.29, 1.82) is 0 Å². The Kier molecular flexibility index (Phi) is 5.67. The van der Waals surface area contributed by atoms with Gasteiger partial charge in [0, 0.05) is 43.3 Å². The van der Waals surface area contributed by atoms with Crippen molar-refractivity contribution in [2.45, 2.75) is 18.9 Å². The number of aromatic nitrogens is 3. The van der Waals surface area contributed by atoms with E-state index in [4.69, 9.17) is 11.6 Å². The van der Waals surface area contributed by atoms with E-state index in [9.17, 15) is 9.18 Å². The number of anilines is 1. The Labute approximate surface area is 172 Å². The van der Waals surface area contributed by atoms with Crippen molar-refractivity contribution in [3.8, 4) is 11.4 Å². The molecule has 0 radical (unpaired) electrons. The van der Waals surface area contributed by atoms with E-state index in [0.717, 1.165) is 12.8 Å². The monoisotopic (exact) mass is 411 g/mol. The highest BCUT2D eigenvalue weighted by molar-refractivity contribution is 6.30. The summed E-state index contributed by atoms with van der Waals surface area (Å²) in [5, 5.41) is 3.88. The molecular formula is C21H19ClFN5O. The molecule has 1 aromatic carbocycles. The zero-order valence-electron chi connectivity index (χ0n) is 15.6. The highest BCUT2D eigenvalue weighted by atomic mass is 35.5. The van der Waals surface area contributed by atoms with Crippen LogP contribution in [-0.4, -0.2) is 44.9 Å². The predicted molar refractivity (Wildman–Crippen MR) is 109 cm³/mol. The van der Waals surface area contributed by atoms with Crippen LogP contribution in [0, 0.1) is 5.82 Å². The lowest BCUT2D eigenvalue weighted by molar-refractivity contribution is 0.0710. The Morgan fingerprint density at radius 3 is 2.72 bits per heavy atom. The van der Waals surface area contributed by atoms with Gasteiger partial charge in [-0.1, -0.05) is 23.7 Å². The highest BCUT2D eigenvalue weighted by Crippen LogP contribution is 2.26. The maximum Gasteiger partial charge on any atom is 0.257 e. The van der Waals surface area contributed by atoms with Crippen LogP contribution in [0.3, 0.4) is 0 Å². The number of rotatable bonds is 4. The first kappa shape index (κ1) is 19.3. The van der Waals surface area contributed by atoms with Gasteiger partial charge >= 0.3 is 0 Å². The number of nitrogens with zero attached hydrogens (tertiary/aromatic N) is 4. The molecule has 0 unspecified atom stereocenters. The molecule has 1 aliphatic heterocycles. The largest absolute Gasteiger partial charge is 0.366 e. The lowest BCUT2D eigenvalue weighted by Crippen LogP contribution is -2.45.